The molecule has 1 saturated carbocycles. The second-order valence-corrected chi connectivity index (χ2v) is 7.95. The number of nitrogens with one attached hydrogen (secondary N) is 1. The Kier molecular flexibility index (Phi) is 5.60. The fourth-order valence-corrected chi connectivity index (χ4v) is 4.26. The van der Waals surface area contributed by atoms with E-state index in [9.17, 15) is 14.4 Å². The molecule has 2 heterocycles. The summed E-state index contributed by atoms with van der Waals surface area (Å²) < 4.78 is 10.6. The van der Waals surface area contributed by atoms with Gasteiger partial charge in [-0.1, -0.05) is 25.3 Å². The average Bonchev–Trinajstić information content (AvgIpc) is 3.31. The maximum Gasteiger partial charge on any atom is 0.325 e. The molecule has 1 aliphatic carbocycles. The van der Waals surface area contributed by atoms with Crippen molar-refractivity contribution in [2.24, 2.45) is 0 Å². The fourth-order valence-electron chi connectivity index (χ4n) is 4.26. The second-order valence-electron chi connectivity index (χ2n) is 7.95. The maximum atomic E-state index is 12.7. The molecule has 0 aromatic heterocycles. The van der Waals surface area contributed by atoms with Crippen molar-refractivity contribution in [3.05, 3.63) is 23.8 Å². The van der Waals surface area contributed by atoms with Crippen LogP contribution in [-0.2, 0) is 16.1 Å². The molecule has 29 heavy (non-hydrogen) atoms. The largest absolute Gasteiger partial charge is 0.454 e. The van der Waals surface area contributed by atoms with E-state index in [2.05, 4.69) is 5.32 Å². The van der Waals surface area contributed by atoms with Crippen molar-refractivity contribution in [3.8, 4) is 11.5 Å². The average molecular weight is 401 g/mol. The zero-order valence-electron chi connectivity index (χ0n) is 16.7. The van der Waals surface area contributed by atoms with Crippen LogP contribution in [0.15, 0.2) is 18.2 Å². The van der Waals surface area contributed by atoms with Gasteiger partial charge in [-0.25, -0.2) is 4.79 Å². The van der Waals surface area contributed by atoms with E-state index in [4.69, 9.17) is 9.47 Å². The molecule has 0 radical (unpaired) electrons. The molecule has 1 saturated heterocycles. The van der Waals surface area contributed by atoms with Crippen LogP contribution in [0.4, 0.5) is 4.79 Å². The molecule has 8 heteroatoms. The highest BCUT2D eigenvalue weighted by molar-refractivity contribution is 6.04. The molecule has 1 atom stereocenters. The molecule has 0 bridgehead atoms. The van der Waals surface area contributed by atoms with E-state index in [1.54, 1.807) is 12.1 Å². The number of hydrogen-bond acceptors (Lipinski definition) is 5. The van der Waals surface area contributed by atoms with E-state index in [-0.39, 0.29) is 31.6 Å². The van der Waals surface area contributed by atoms with Crippen molar-refractivity contribution in [3.63, 3.8) is 0 Å². The first-order valence-corrected chi connectivity index (χ1v) is 10.3. The van der Waals surface area contributed by atoms with Gasteiger partial charge in [-0.05, 0) is 37.0 Å². The molecule has 4 amide bonds. The maximum absolute atomic E-state index is 12.7. The van der Waals surface area contributed by atoms with Gasteiger partial charge in [0.25, 0.3) is 5.91 Å². The van der Waals surface area contributed by atoms with Gasteiger partial charge in [0.05, 0.1) is 6.54 Å². The quantitative estimate of drug-likeness (QED) is 0.740. The molecule has 3 aliphatic rings. The monoisotopic (exact) mass is 401 g/mol. The first-order chi connectivity index (χ1) is 14.0. The summed E-state index contributed by atoms with van der Waals surface area (Å²) in [5.74, 6) is 1.01. The lowest BCUT2D eigenvalue weighted by Crippen LogP contribution is -2.39. The van der Waals surface area contributed by atoms with E-state index >= 15 is 0 Å². The zero-order valence-corrected chi connectivity index (χ0v) is 16.7. The molecule has 1 aromatic rings. The number of carbonyl (C=O) groups excluding carboxylic acids is 3. The lowest BCUT2D eigenvalue weighted by Gasteiger charge is -2.31. The third kappa shape index (κ3) is 4.16. The number of urea groups is 1. The highest BCUT2D eigenvalue weighted by Crippen LogP contribution is 2.33. The van der Waals surface area contributed by atoms with E-state index in [0.29, 0.717) is 24.0 Å². The van der Waals surface area contributed by atoms with Crippen LogP contribution in [0.25, 0.3) is 0 Å². The highest BCUT2D eigenvalue weighted by Gasteiger charge is 2.38. The predicted molar refractivity (Wildman–Crippen MR) is 104 cm³/mol. The summed E-state index contributed by atoms with van der Waals surface area (Å²) in [6.45, 7) is 0.334. The van der Waals surface area contributed by atoms with E-state index < -0.39 is 12.1 Å². The van der Waals surface area contributed by atoms with Crippen LogP contribution >= 0.6 is 0 Å². The van der Waals surface area contributed by atoms with Gasteiger partial charge in [-0.3, -0.25) is 14.5 Å². The molecule has 0 spiro atoms. The molecule has 8 nitrogen and oxygen atoms in total. The van der Waals surface area contributed by atoms with E-state index in [0.717, 1.165) is 31.2 Å². The lowest BCUT2D eigenvalue weighted by molar-refractivity contribution is -0.133. The third-order valence-corrected chi connectivity index (χ3v) is 6.05. The minimum atomic E-state index is -0.653. The Labute approximate surface area is 170 Å². The second kappa shape index (κ2) is 8.31. The number of nitrogens with zero attached hydrogens (tertiary/aromatic N) is 2. The third-order valence-electron chi connectivity index (χ3n) is 6.05. The van der Waals surface area contributed by atoms with Gasteiger partial charge in [0, 0.05) is 19.5 Å². The smallest absolute Gasteiger partial charge is 0.325 e. The first kappa shape index (κ1) is 19.5. The minimum Gasteiger partial charge on any atom is -0.454 e. The number of ether oxygens (including phenoxy) is 2. The Bertz CT molecular complexity index is 806. The molecular formula is C21H27N3O5. The van der Waals surface area contributed by atoms with Gasteiger partial charge in [-0.15, -0.1) is 0 Å². The molecule has 0 unspecified atom stereocenters. The van der Waals surface area contributed by atoms with E-state index in [1.807, 2.05) is 18.0 Å². The van der Waals surface area contributed by atoms with Crippen molar-refractivity contribution >= 4 is 17.8 Å². The Morgan fingerprint density at radius 1 is 1.17 bits per heavy atom. The fraction of sp³-hybridized carbons (Fsp3) is 0.571. The number of imide groups is 1. The number of hydrogen-bond donors (Lipinski definition) is 1. The Hall–Kier alpha value is -2.77. The van der Waals surface area contributed by atoms with Gasteiger partial charge in [0.2, 0.25) is 12.7 Å². The zero-order chi connectivity index (χ0) is 20.4. The summed E-state index contributed by atoms with van der Waals surface area (Å²) in [4.78, 5) is 40.5. The van der Waals surface area contributed by atoms with Gasteiger partial charge >= 0.3 is 6.03 Å². The standard InChI is InChI=1S/C21H27N3O5/c1-23(15-5-3-2-4-6-15)19(25)10-8-16-20(26)24(21(27)22-16)12-14-7-9-17-18(11-14)29-13-28-17/h7,9,11,15-16H,2-6,8,10,12-13H2,1H3,(H,22,27)/t16-/m0/s1. The van der Waals surface area contributed by atoms with Gasteiger partial charge in [-0.2, -0.15) is 0 Å². The molecular weight excluding hydrogens is 374 g/mol. The van der Waals surface area contributed by atoms with Crippen LogP contribution in [0.2, 0.25) is 0 Å². The Morgan fingerprint density at radius 2 is 1.93 bits per heavy atom. The summed E-state index contributed by atoms with van der Waals surface area (Å²) in [5.41, 5.74) is 0.784. The number of rotatable bonds is 6. The van der Waals surface area contributed by atoms with E-state index in [1.165, 1.54) is 11.3 Å². The van der Waals surface area contributed by atoms with Gasteiger partial charge in [0.15, 0.2) is 11.5 Å². The van der Waals surface area contributed by atoms with Crippen LogP contribution in [0, 0.1) is 0 Å². The van der Waals surface area contributed by atoms with Crippen LogP contribution in [-0.4, -0.2) is 53.6 Å². The van der Waals surface area contributed by atoms with Gasteiger partial charge < -0.3 is 19.7 Å². The van der Waals surface area contributed by atoms with Crippen LogP contribution in [0.5, 0.6) is 11.5 Å². The van der Waals surface area contributed by atoms with Crippen LogP contribution in [0.1, 0.15) is 50.5 Å². The predicted octanol–water partition coefficient (Wildman–Crippen LogP) is 2.41. The van der Waals surface area contributed by atoms with Crippen LogP contribution < -0.4 is 14.8 Å². The molecule has 156 valence electrons. The minimum absolute atomic E-state index is 0.0353. The Morgan fingerprint density at radius 3 is 2.72 bits per heavy atom. The summed E-state index contributed by atoms with van der Waals surface area (Å²) in [6, 6.07) is 4.58. The van der Waals surface area contributed by atoms with Crippen molar-refractivity contribution in [1.29, 1.82) is 0 Å². The number of amides is 4. The molecule has 1 N–H and O–H groups in total. The number of carbonyl (C=O) groups is 3. The highest BCUT2D eigenvalue weighted by atomic mass is 16.7. The SMILES string of the molecule is CN(C(=O)CC[C@@H]1NC(=O)N(Cc2ccc3c(c2)OCO3)C1=O)C1CCCCC1. The van der Waals surface area contributed by atoms with Crippen molar-refractivity contribution in [2.45, 2.75) is 63.6 Å². The normalized spacial score (nSPS) is 21.4. The molecule has 1 aromatic carbocycles. The molecule has 2 fully saturated rings. The van der Waals surface area contributed by atoms with Crippen LogP contribution in [0.3, 0.4) is 0 Å². The Balaban J connectivity index is 1.31. The summed E-state index contributed by atoms with van der Waals surface area (Å²) >= 11 is 0. The topological polar surface area (TPSA) is 88.2 Å². The summed E-state index contributed by atoms with van der Waals surface area (Å²) in [6.07, 6.45) is 6.22. The molecule has 2 aliphatic heterocycles. The van der Waals surface area contributed by atoms with Crippen molar-refractivity contribution < 1.29 is 23.9 Å². The summed E-state index contributed by atoms with van der Waals surface area (Å²) in [5, 5.41) is 2.71. The number of fused-ring (bicyclic) bond motifs is 1. The lowest BCUT2D eigenvalue weighted by atomic mass is 9.94. The number of benzene rings is 1. The first-order valence-electron chi connectivity index (χ1n) is 10.3. The van der Waals surface area contributed by atoms with Crippen molar-refractivity contribution in [1.82, 2.24) is 15.1 Å². The summed E-state index contributed by atoms with van der Waals surface area (Å²) in [7, 11) is 1.85. The van der Waals surface area contributed by atoms with Crippen molar-refractivity contribution in [2.75, 3.05) is 13.8 Å². The molecule has 4 rings (SSSR count). The van der Waals surface area contributed by atoms with Gasteiger partial charge in [0.1, 0.15) is 6.04 Å².